The summed E-state index contributed by atoms with van der Waals surface area (Å²) >= 11 is 0. The first-order valence-electron chi connectivity index (χ1n) is 9.02. The first kappa shape index (κ1) is 17.9. The zero-order valence-corrected chi connectivity index (χ0v) is 14.7. The van der Waals surface area contributed by atoms with E-state index >= 15 is 0 Å². The fourth-order valence-corrected chi connectivity index (χ4v) is 3.15. The normalized spacial score (nSPS) is 21.4. The Hall–Kier alpha value is -1.88. The molecule has 0 spiro atoms. The zero-order valence-electron chi connectivity index (χ0n) is 14.7. The molecule has 1 aliphatic heterocycles. The van der Waals surface area contributed by atoms with E-state index in [1.165, 1.54) is 11.1 Å². The smallest absolute Gasteiger partial charge is 0.184 e. The monoisotopic (exact) mass is 341 g/mol. The van der Waals surface area contributed by atoms with E-state index in [1.54, 1.807) is 0 Å². The van der Waals surface area contributed by atoms with Gasteiger partial charge in [-0.15, -0.1) is 0 Å². The molecular weight excluding hydrogens is 314 g/mol. The highest BCUT2D eigenvalue weighted by Crippen LogP contribution is 2.30. The molecule has 0 saturated carbocycles. The van der Waals surface area contributed by atoms with E-state index < -0.39 is 0 Å². The van der Waals surface area contributed by atoms with Crippen molar-refractivity contribution in [1.82, 2.24) is 0 Å². The molecule has 1 aliphatic rings. The summed E-state index contributed by atoms with van der Waals surface area (Å²) < 4.78 is 11.8. The quantitative estimate of drug-likeness (QED) is 0.751. The van der Waals surface area contributed by atoms with Gasteiger partial charge in [-0.25, -0.2) is 0 Å². The molecule has 0 amide bonds. The van der Waals surface area contributed by atoms with Crippen LogP contribution in [0, 0.1) is 0 Å². The first-order chi connectivity index (χ1) is 12.1. The number of nitrogens with two attached hydrogens (primary N) is 1. The molecule has 0 aromatic heterocycles. The SMILES string of the molecule is CCC(O)CC[C@@H]1CO[C@@H](c2cccc(Cc3cccc(N)c3)c2)O1. The maximum atomic E-state index is 9.69. The van der Waals surface area contributed by atoms with E-state index in [0.29, 0.717) is 6.61 Å². The average Bonchev–Trinajstić information content (AvgIpc) is 3.09. The lowest BCUT2D eigenvalue weighted by Crippen LogP contribution is -2.14. The molecule has 1 saturated heterocycles. The van der Waals surface area contributed by atoms with E-state index in [4.69, 9.17) is 15.2 Å². The van der Waals surface area contributed by atoms with Crippen LogP contribution in [-0.2, 0) is 15.9 Å². The van der Waals surface area contributed by atoms with Crippen molar-refractivity contribution in [3.8, 4) is 0 Å². The highest BCUT2D eigenvalue weighted by atomic mass is 16.7. The van der Waals surface area contributed by atoms with Gasteiger partial charge in [0.15, 0.2) is 6.29 Å². The standard InChI is InChI=1S/C21H27NO3/c1-2-19(23)9-10-20-14-24-21(25-20)17-7-3-5-15(12-17)11-16-6-4-8-18(22)13-16/h3-8,12-13,19-21,23H,2,9-11,14,22H2,1H3/t19?,20-,21-/m1/s1. The second kappa shape index (κ2) is 8.48. The van der Waals surface area contributed by atoms with Gasteiger partial charge in [0.25, 0.3) is 0 Å². The van der Waals surface area contributed by atoms with Crippen molar-refractivity contribution in [2.24, 2.45) is 0 Å². The molecule has 1 heterocycles. The van der Waals surface area contributed by atoms with E-state index in [2.05, 4.69) is 18.2 Å². The van der Waals surface area contributed by atoms with Gasteiger partial charge in [0.1, 0.15) is 0 Å². The minimum Gasteiger partial charge on any atom is -0.399 e. The van der Waals surface area contributed by atoms with Gasteiger partial charge in [-0.3, -0.25) is 0 Å². The lowest BCUT2D eigenvalue weighted by atomic mass is 10.0. The number of anilines is 1. The fraction of sp³-hybridized carbons (Fsp3) is 0.429. The topological polar surface area (TPSA) is 64.7 Å². The first-order valence-corrected chi connectivity index (χ1v) is 9.02. The summed E-state index contributed by atoms with van der Waals surface area (Å²) in [5, 5.41) is 9.69. The van der Waals surface area contributed by atoms with Gasteiger partial charge in [0.05, 0.1) is 18.8 Å². The molecule has 0 radical (unpaired) electrons. The largest absolute Gasteiger partial charge is 0.399 e. The molecule has 2 aromatic carbocycles. The minimum absolute atomic E-state index is 0.0591. The molecule has 4 nitrogen and oxygen atoms in total. The predicted octanol–water partition coefficient (Wildman–Crippen LogP) is 3.82. The number of benzene rings is 2. The maximum Gasteiger partial charge on any atom is 0.184 e. The average molecular weight is 341 g/mol. The second-order valence-electron chi connectivity index (χ2n) is 6.73. The van der Waals surface area contributed by atoms with Crippen molar-refractivity contribution in [3.63, 3.8) is 0 Å². The van der Waals surface area contributed by atoms with Gasteiger partial charge in [0, 0.05) is 11.3 Å². The molecule has 4 heteroatoms. The number of nitrogen functional groups attached to an aromatic ring is 1. The van der Waals surface area contributed by atoms with Crippen molar-refractivity contribution in [2.75, 3.05) is 12.3 Å². The van der Waals surface area contributed by atoms with Crippen LogP contribution in [0.5, 0.6) is 0 Å². The number of hydrogen-bond donors (Lipinski definition) is 2. The molecule has 2 aromatic rings. The van der Waals surface area contributed by atoms with Crippen LogP contribution in [0.1, 0.15) is 49.2 Å². The third kappa shape index (κ3) is 5.05. The Kier molecular flexibility index (Phi) is 6.08. The van der Waals surface area contributed by atoms with Gasteiger partial charge in [0.2, 0.25) is 0 Å². The van der Waals surface area contributed by atoms with Crippen LogP contribution in [0.15, 0.2) is 48.5 Å². The van der Waals surface area contributed by atoms with Crippen molar-refractivity contribution in [2.45, 2.75) is 51.1 Å². The van der Waals surface area contributed by atoms with Gasteiger partial charge >= 0.3 is 0 Å². The molecule has 134 valence electrons. The molecule has 1 fully saturated rings. The summed E-state index contributed by atoms with van der Waals surface area (Å²) in [6, 6.07) is 16.3. The van der Waals surface area contributed by atoms with Crippen LogP contribution in [0.3, 0.4) is 0 Å². The zero-order chi connectivity index (χ0) is 17.6. The van der Waals surface area contributed by atoms with Crippen LogP contribution in [0.4, 0.5) is 5.69 Å². The summed E-state index contributed by atoms with van der Waals surface area (Å²) in [6.45, 7) is 2.58. The Bertz CT molecular complexity index is 688. The van der Waals surface area contributed by atoms with Crippen molar-refractivity contribution < 1.29 is 14.6 Å². The molecule has 1 unspecified atom stereocenters. The minimum atomic E-state index is -0.315. The Morgan fingerprint density at radius 3 is 2.68 bits per heavy atom. The van der Waals surface area contributed by atoms with Crippen molar-refractivity contribution in [1.29, 1.82) is 0 Å². The lowest BCUT2D eigenvalue weighted by molar-refractivity contribution is -0.0626. The molecule has 25 heavy (non-hydrogen) atoms. The highest BCUT2D eigenvalue weighted by molar-refractivity contribution is 5.42. The molecule has 3 N–H and O–H groups in total. The molecule has 3 atom stereocenters. The summed E-state index contributed by atoms with van der Waals surface area (Å²) in [6.07, 6.45) is 2.69. The van der Waals surface area contributed by atoms with Crippen LogP contribution in [0.2, 0.25) is 0 Å². The van der Waals surface area contributed by atoms with Crippen molar-refractivity contribution in [3.05, 3.63) is 65.2 Å². The number of aliphatic hydroxyl groups is 1. The van der Waals surface area contributed by atoms with E-state index in [9.17, 15) is 5.11 Å². The van der Waals surface area contributed by atoms with Crippen LogP contribution in [-0.4, -0.2) is 23.9 Å². The van der Waals surface area contributed by atoms with E-state index in [0.717, 1.165) is 36.9 Å². The molecular formula is C21H27NO3. The third-order valence-electron chi connectivity index (χ3n) is 4.63. The number of aliphatic hydroxyl groups excluding tert-OH is 1. The molecule has 3 rings (SSSR count). The Morgan fingerprint density at radius 2 is 1.92 bits per heavy atom. The van der Waals surface area contributed by atoms with E-state index in [-0.39, 0.29) is 18.5 Å². The summed E-state index contributed by atoms with van der Waals surface area (Å²) in [5.74, 6) is 0. The van der Waals surface area contributed by atoms with E-state index in [1.807, 2.05) is 37.3 Å². The molecule has 0 bridgehead atoms. The van der Waals surface area contributed by atoms with Crippen LogP contribution >= 0.6 is 0 Å². The third-order valence-corrected chi connectivity index (χ3v) is 4.63. The summed E-state index contributed by atoms with van der Waals surface area (Å²) in [7, 11) is 0. The highest BCUT2D eigenvalue weighted by Gasteiger charge is 2.27. The Morgan fingerprint density at radius 1 is 1.16 bits per heavy atom. The predicted molar refractivity (Wildman–Crippen MR) is 99.2 cm³/mol. The Labute approximate surface area is 149 Å². The summed E-state index contributed by atoms with van der Waals surface area (Å²) in [5.41, 5.74) is 10.1. The molecule has 0 aliphatic carbocycles. The summed E-state index contributed by atoms with van der Waals surface area (Å²) in [4.78, 5) is 0. The lowest BCUT2D eigenvalue weighted by Gasteiger charge is -2.14. The second-order valence-corrected chi connectivity index (χ2v) is 6.73. The van der Waals surface area contributed by atoms with Crippen molar-refractivity contribution >= 4 is 5.69 Å². The van der Waals surface area contributed by atoms with Gasteiger partial charge in [-0.05, 0) is 48.9 Å². The van der Waals surface area contributed by atoms with Gasteiger partial charge in [-0.2, -0.15) is 0 Å². The van der Waals surface area contributed by atoms with Gasteiger partial charge in [-0.1, -0.05) is 43.3 Å². The number of hydrogen-bond acceptors (Lipinski definition) is 4. The number of rotatable bonds is 7. The Balaban J connectivity index is 1.60. The van der Waals surface area contributed by atoms with Crippen LogP contribution < -0.4 is 5.73 Å². The van der Waals surface area contributed by atoms with Gasteiger partial charge < -0.3 is 20.3 Å². The maximum absolute atomic E-state index is 9.69. The fourth-order valence-electron chi connectivity index (χ4n) is 3.15. The van der Waals surface area contributed by atoms with Crippen LogP contribution in [0.25, 0.3) is 0 Å². The number of ether oxygens (including phenoxy) is 2.